The molecular weight excluding hydrogens is 248 g/mol. The number of hydrogen-bond donors (Lipinski definition) is 0. The Balaban J connectivity index is 1.85. The molecule has 2 rings (SSSR count). The van der Waals surface area contributed by atoms with Gasteiger partial charge in [0.1, 0.15) is 0 Å². The number of unbranched alkanes of at least 4 members (excludes halogenated alkanes) is 2. The van der Waals surface area contributed by atoms with Gasteiger partial charge in [0.05, 0.1) is 0 Å². The summed E-state index contributed by atoms with van der Waals surface area (Å²) in [7, 11) is 0. The number of likely N-dealkylation sites (tertiary alicyclic amines) is 2. The predicted molar refractivity (Wildman–Crippen MR) is 83.7 cm³/mol. The zero-order valence-corrected chi connectivity index (χ0v) is 13.4. The molecule has 0 N–H and O–H groups in total. The minimum atomic E-state index is 0.399. The molecule has 20 heavy (non-hydrogen) atoms. The molecule has 0 spiro atoms. The lowest BCUT2D eigenvalue weighted by Gasteiger charge is -2.47. The minimum Gasteiger partial charge on any atom is -0.342 e. The van der Waals surface area contributed by atoms with Crippen LogP contribution in [0.15, 0.2) is 0 Å². The molecule has 3 heteroatoms. The van der Waals surface area contributed by atoms with Crippen molar-refractivity contribution in [1.29, 1.82) is 0 Å². The zero-order chi connectivity index (χ0) is 14.4. The van der Waals surface area contributed by atoms with E-state index in [0.29, 0.717) is 5.91 Å². The molecule has 1 amide bonds. The molecule has 2 aliphatic rings. The first-order valence-corrected chi connectivity index (χ1v) is 8.78. The van der Waals surface area contributed by atoms with Crippen LogP contribution in [0.5, 0.6) is 0 Å². The molecule has 0 aromatic heterocycles. The van der Waals surface area contributed by atoms with Crippen molar-refractivity contribution in [3.63, 3.8) is 0 Å². The van der Waals surface area contributed by atoms with Gasteiger partial charge >= 0.3 is 0 Å². The van der Waals surface area contributed by atoms with Gasteiger partial charge in [-0.3, -0.25) is 9.69 Å². The molecule has 0 saturated carbocycles. The van der Waals surface area contributed by atoms with Crippen LogP contribution in [-0.4, -0.2) is 47.9 Å². The van der Waals surface area contributed by atoms with E-state index in [9.17, 15) is 4.79 Å². The van der Waals surface area contributed by atoms with Crippen molar-refractivity contribution in [2.75, 3.05) is 26.2 Å². The van der Waals surface area contributed by atoms with Crippen molar-refractivity contribution in [1.82, 2.24) is 9.80 Å². The third-order valence-corrected chi connectivity index (χ3v) is 5.08. The van der Waals surface area contributed by atoms with Gasteiger partial charge in [0.2, 0.25) is 5.91 Å². The van der Waals surface area contributed by atoms with Gasteiger partial charge in [-0.1, -0.05) is 26.7 Å². The predicted octanol–water partition coefficient (Wildman–Crippen LogP) is 3.29. The Labute approximate surface area is 124 Å². The summed E-state index contributed by atoms with van der Waals surface area (Å²) in [5, 5.41) is 0. The monoisotopic (exact) mass is 280 g/mol. The van der Waals surface area contributed by atoms with E-state index in [-0.39, 0.29) is 0 Å². The summed E-state index contributed by atoms with van der Waals surface area (Å²) in [5.74, 6) is 1.14. The summed E-state index contributed by atoms with van der Waals surface area (Å²) in [5.41, 5.74) is 0. The summed E-state index contributed by atoms with van der Waals surface area (Å²) in [6, 6.07) is 0.755. The average Bonchev–Trinajstić information content (AvgIpc) is 2.49. The average molecular weight is 280 g/mol. The molecule has 116 valence electrons. The molecule has 2 saturated heterocycles. The molecule has 0 radical (unpaired) electrons. The minimum absolute atomic E-state index is 0.399. The fourth-order valence-corrected chi connectivity index (χ4v) is 3.86. The van der Waals surface area contributed by atoms with Gasteiger partial charge in [-0.15, -0.1) is 0 Å². The van der Waals surface area contributed by atoms with Gasteiger partial charge in [0.15, 0.2) is 0 Å². The number of carbonyl (C=O) groups excluding carboxylic acids is 1. The molecule has 0 aromatic rings. The highest BCUT2D eigenvalue weighted by Gasteiger charge is 2.36. The van der Waals surface area contributed by atoms with E-state index in [1.807, 2.05) is 0 Å². The van der Waals surface area contributed by atoms with Crippen LogP contribution < -0.4 is 0 Å². The number of hydrogen-bond acceptors (Lipinski definition) is 2. The zero-order valence-electron chi connectivity index (χ0n) is 13.4. The highest BCUT2D eigenvalue weighted by Crippen LogP contribution is 2.31. The molecule has 3 nitrogen and oxygen atoms in total. The highest BCUT2D eigenvalue weighted by atomic mass is 16.2. The van der Waals surface area contributed by atoms with Crippen LogP contribution in [0.4, 0.5) is 0 Å². The number of fused-ring (bicyclic) bond motifs is 1. The van der Waals surface area contributed by atoms with Crippen LogP contribution in [0.3, 0.4) is 0 Å². The first-order valence-electron chi connectivity index (χ1n) is 8.78. The van der Waals surface area contributed by atoms with E-state index in [2.05, 4.69) is 23.6 Å². The van der Waals surface area contributed by atoms with Crippen LogP contribution in [0.2, 0.25) is 0 Å². The SMILES string of the molecule is CCCCC(=O)N1CC[C@H]2[C@H](CCCN2CCCC)C1. The molecule has 2 fully saturated rings. The summed E-state index contributed by atoms with van der Waals surface area (Å²) >= 11 is 0. The summed E-state index contributed by atoms with van der Waals surface area (Å²) in [6.07, 6.45) is 9.38. The maximum absolute atomic E-state index is 12.2. The molecular formula is C17H32N2O. The standard InChI is InChI=1S/C17H32N2O/c1-3-5-9-17(20)19-13-10-16-15(14-19)8-7-12-18(16)11-6-4-2/h15-16H,3-14H2,1-2H3/t15-,16+/m1/s1. The molecule has 0 bridgehead atoms. The summed E-state index contributed by atoms with van der Waals surface area (Å²) < 4.78 is 0. The highest BCUT2D eigenvalue weighted by molar-refractivity contribution is 5.76. The largest absolute Gasteiger partial charge is 0.342 e. The smallest absolute Gasteiger partial charge is 0.222 e. The van der Waals surface area contributed by atoms with Crippen molar-refractivity contribution in [3.8, 4) is 0 Å². The Morgan fingerprint density at radius 3 is 2.65 bits per heavy atom. The lowest BCUT2D eigenvalue weighted by atomic mass is 9.83. The second-order valence-corrected chi connectivity index (χ2v) is 6.59. The molecule has 2 aliphatic heterocycles. The van der Waals surface area contributed by atoms with Gasteiger partial charge in [-0.25, -0.2) is 0 Å². The van der Waals surface area contributed by atoms with E-state index in [1.54, 1.807) is 0 Å². The molecule has 2 heterocycles. The van der Waals surface area contributed by atoms with Crippen molar-refractivity contribution in [3.05, 3.63) is 0 Å². The van der Waals surface area contributed by atoms with Crippen LogP contribution in [0, 0.1) is 5.92 Å². The Morgan fingerprint density at radius 2 is 1.90 bits per heavy atom. The first kappa shape index (κ1) is 15.8. The fraction of sp³-hybridized carbons (Fsp3) is 0.941. The maximum atomic E-state index is 12.2. The number of amides is 1. The Kier molecular flexibility index (Phi) is 6.34. The molecule has 0 unspecified atom stereocenters. The lowest BCUT2D eigenvalue weighted by molar-refractivity contribution is -0.135. The van der Waals surface area contributed by atoms with E-state index in [1.165, 1.54) is 45.2 Å². The van der Waals surface area contributed by atoms with Crippen molar-refractivity contribution in [2.24, 2.45) is 5.92 Å². The van der Waals surface area contributed by atoms with Crippen LogP contribution in [0.25, 0.3) is 0 Å². The summed E-state index contributed by atoms with van der Waals surface area (Å²) in [6.45, 7) is 9.00. The van der Waals surface area contributed by atoms with Crippen molar-refractivity contribution in [2.45, 2.75) is 71.3 Å². The van der Waals surface area contributed by atoms with Crippen LogP contribution in [-0.2, 0) is 4.79 Å². The second kappa shape index (κ2) is 8.02. The second-order valence-electron chi connectivity index (χ2n) is 6.59. The Hall–Kier alpha value is -0.570. The molecule has 0 aromatic carbocycles. The van der Waals surface area contributed by atoms with Gasteiger partial charge in [-0.05, 0) is 51.1 Å². The maximum Gasteiger partial charge on any atom is 0.222 e. The van der Waals surface area contributed by atoms with E-state index >= 15 is 0 Å². The topological polar surface area (TPSA) is 23.6 Å². The third kappa shape index (κ3) is 3.97. The van der Waals surface area contributed by atoms with E-state index in [0.717, 1.165) is 44.3 Å². The van der Waals surface area contributed by atoms with Crippen molar-refractivity contribution < 1.29 is 4.79 Å². The normalized spacial score (nSPS) is 27.4. The number of rotatable bonds is 6. The van der Waals surface area contributed by atoms with Crippen LogP contribution in [0.1, 0.15) is 65.2 Å². The lowest BCUT2D eigenvalue weighted by Crippen LogP contribution is -2.55. The van der Waals surface area contributed by atoms with E-state index < -0.39 is 0 Å². The van der Waals surface area contributed by atoms with Gasteiger partial charge in [0.25, 0.3) is 0 Å². The quantitative estimate of drug-likeness (QED) is 0.745. The first-order chi connectivity index (χ1) is 9.76. The number of carbonyl (C=O) groups is 1. The van der Waals surface area contributed by atoms with E-state index in [4.69, 9.17) is 0 Å². The van der Waals surface area contributed by atoms with Gasteiger partial charge in [0, 0.05) is 25.6 Å². The molecule has 0 aliphatic carbocycles. The Bertz CT molecular complexity index is 305. The van der Waals surface area contributed by atoms with Gasteiger partial charge in [-0.2, -0.15) is 0 Å². The van der Waals surface area contributed by atoms with Crippen molar-refractivity contribution >= 4 is 5.91 Å². The Morgan fingerprint density at radius 1 is 1.10 bits per heavy atom. The number of nitrogens with zero attached hydrogens (tertiary/aromatic N) is 2. The third-order valence-electron chi connectivity index (χ3n) is 5.08. The fourth-order valence-electron chi connectivity index (χ4n) is 3.86. The summed E-state index contributed by atoms with van der Waals surface area (Å²) in [4.78, 5) is 17.1. The molecule has 2 atom stereocenters. The number of piperidine rings is 2. The van der Waals surface area contributed by atoms with Gasteiger partial charge < -0.3 is 4.90 Å². The van der Waals surface area contributed by atoms with Crippen LogP contribution >= 0.6 is 0 Å².